The van der Waals surface area contributed by atoms with Gasteiger partial charge in [-0.05, 0) is 36.4 Å². The minimum atomic E-state index is -3.70. The van der Waals surface area contributed by atoms with Crippen molar-refractivity contribution in [2.75, 3.05) is 22.9 Å². The Morgan fingerprint density at radius 3 is 2.43 bits per heavy atom. The van der Waals surface area contributed by atoms with Crippen LogP contribution in [-0.4, -0.2) is 42.6 Å². The number of sulfone groups is 1. The Labute approximate surface area is 177 Å². The maximum Gasteiger partial charge on any atom is 0.272 e. The Bertz CT molecular complexity index is 1250. The largest absolute Gasteiger partial charge is 0.504 e. The van der Waals surface area contributed by atoms with E-state index in [1.807, 2.05) is 0 Å². The molecule has 0 bridgehead atoms. The van der Waals surface area contributed by atoms with Crippen molar-refractivity contribution < 1.29 is 23.1 Å². The summed E-state index contributed by atoms with van der Waals surface area (Å²) >= 11 is 5.96. The third-order valence-corrected chi connectivity index (χ3v) is 6.31. The molecule has 158 valence electrons. The predicted molar refractivity (Wildman–Crippen MR) is 115 cm³/mol. The van der Waals surface area contributed by atoms with Gasteiger partial charge in [-0.3, -0.25) is 9.59 Å². The van der Waals surface area contributed by atoms with E-state index in [9.17, 15) is 23.1 Å². The van der Waals surface area contributed by atoms with Gasteiger partial charge in [0, 0.05) is 15.9 Å². The number of H-pyrrole nitrogens is 1. The number of nitrogens with two attached hydrogens (primary N) is 1. The van der Waals surface area contributed by atoms with Crippen LogP contribution in [0.4, 0.5) is 11.4 Å². The van der Waals surface area contributed by atoms with Crippen LogP contribution in [0.1, 0.15) is 17.4 Å². The molecule has 0 aliphatic rings. The van der Waals surface area contributed by atoms with E-state index >= 15 is 0 Å². The SMILES string of the molecule is CCS(=O)(=O)c1cc(NC(=O)CN)c(O)c(NC(=O)c2cc3cc(Cl)ccc3[nH]2)c1. The number of rotatable bonds is 6. The number of anilines is 2. The number of hydrogen-bond donors (Lipinski definition) is 5. The molecule has 1 aromatic heterocycles. The Morgan fingerprint density at radius 1 is 1.13 bits per heavy atom. The molecule has 0 spiro atoms. The van der Waals surface area contributed by atoms with E-state index < -0.39 is 27.4 Å². The molecule has 0 aliphatic heterocycles. The number of phenolic OH excluding ortho intramolecular Hbond substituents is 1. The molecule has 3 rings (SSSR count). The average Bonchev–Trinajstić information content (AvgIpc) is 3.13. The molecule has 11 heteroatoms. The van der Waals surface area contributed by atoms with Crippen molar-refractivity contribution in [3.05, 3.63) is 47.1 Å². The summed E-state index contributed by atoms with van der Waals surface area (Å²) < 4.78 is 24.7. The lowest BCUT2D eigenvalue weighted by molar-refractivity contribution is -0.114. The number of amides is 2. The summed E-state index contributed by atoms with van der Waals surface area (Å²) in [5.41, 5.74) is 5.75. The molecule has 2 amide bonds. The highest BCUT2D eigenvalue weighted by Gasteiger charge is 2.21. The fraction of sp³-hybridized carbons (Fsp3) is 0.158. The van der Waals surface area contributed by atoms with Gasteiger partial charge in [-0.2, -0.15) is 0 Å². The van der Waals surface area contributed by atoms with E-state index in [0.717, 1.165) is 12.1 Å². The number of halogens is 1. The van der Waals surface area contributed by atoms with Crippen molar-refractivity contribution in [2.24, 2.45) is 5.73 Å². The first-order valence-electron chi connectivity index (χ1n) is 8.84. The summed E-state index contributed by atoms with van der Waals surface area (Å²) in [5, 5.41) is 16.5. The zero-order valence-corrected chi connectivity index (χ0v) is 17.4. The molecule has 0 saturated carbocycles. The van der Waals surface area contributed by atoms with Crippen molar-refractivity contribution in [3.8, 4) is 5.75 Å². The monoisotopic (exact) mass is 450 g/mol. The first kappa shape index (κ1) is 21.6. The van der Waals surface area contributed by atoms with Gasteiger partial charge in [0.1, 0.15) is 5.69 Å². The standard InChI is InChI=1S/C19H19ClN4O5S/c1-2-30(28,29)12-7-14(23-17(25)9-21)18(26)15(8-12)24-19(27)16-6-10-5-11(20)3-4-13(10)22-16/h3-8,22,26H,2,9,21H2,1H3,(H,23,25)(H,24,27). The molecular formula is C19H19ClN4O5S. The van der Waals surface area contributed by atoms with Gasteiger partial charge < -0.3 is 26.5 Å². The summed E-state index contributed by atoms with van der Waals surface area (Å²) in [4.78, 5) is 27.1. The smallest absolute Gasteiger partial charge is 0.272 e. The quantitative estimate of drug-likeness (QED) is 0.363. The molecule has 3 aromatic rings. The lowest BCUT2D eigenvalue weighted by Gasteiger charge is -2.14. The molecule has 0 unspecified atom stereocenters. The zero-order valence-electron chi connectivity index (χ0n) is 15.8. The fourth-order valence-corrected chi connectivity index (χ4v) is 3.87. The summed E-state index contributed by atoms with van der Waals surface area (Å²) in [6.45, 7) is 1.08. The van der Waals surface area contributed by atoms with Gasteiger partial charge in [0.05, 0.1) is 28.6 Å². The van der Waals surface area contributed by atoms with Crippen molar-refractivity contribution >= 4 is 55.5 Å². The average molecular weight is 451 g/mol. The van der Waals surface area contributed by atoms with Gasteiger partial charge in [0.25, 0.3) is 5.91 Å². The normalized spacial score (nSPS) is 11.4. The Hall–Kier alpha value is -3.08. The molecule has 0 saturated heterocycles. The molecule has 1 heterocycles. The highest BCUT2D eigenvalue weighted by molar-refractivity contribution is 7.91. The number of benzene rings is 2. The fourth-order valence-electron chi connectivity index (χ4n) is 2.76. The second kappa shape index (κ2) is 8.34. The zero-order chi connectivity index (χ0) is 22.1. The van der Waals surface area contributed by atoms with Crippen LogP contribution in [0.5, 0.6) is 5.75 Å². The number of aromatic nitrogens is 1. The third-order valence-electron chi connectivity index (χ3n) is 4.36. The number of carbonyl (C=O) groups is 2. The molecule has 9 nitrogen and oxygen atoms in total. The third kappa shape index (κ3) is 4.40. The van der Waals surface area contributed by atoms with Crippen LogP contribution < -0.4 is 16.4 Å². The number of fused-ring (bicyclic) bond motifs is 1. The lowest BCUT2D eigenvalue weighted by atomic mass is 10.2. The number of aromatic amines is 1. The number of hydrogen-bond acceptors (Lipinski definition) is 6. The molecule has 0 aliphatic carbocycles. The number of phenols is 1. The first-order valence-corrected chi connectivity index (χ1v) is 10.9. The molecule has 0 radical (unpaired) electrons. The molecule has 30 heavy (non-hydrogen) atoms. The van der Waals surface area contributed by atoms with E-state index in [2.05, 4.69) is 15.6 Å². The van der Waals surface area contributed by atoms with E-state index in [4.69, 9.17) is 17.3 Å². The molecule has 0 atom stereocenters. The molecule has 6 N–H and O–H groups in total. The topological polar surface area (TPSA) is 154 Å². The number of aromatic hydroxyl groups is 1. The van der Waals surface area contributed by atoms with Crippen LogP contribution in [-0.2, 0) is 14.6 Å². The van der Waals surface area contributed by atoms with E-state index in [0.29, 0.717) is 15.9 Å². The molecule has 2 aromatic carbocycles. The first-order chi connectivity index (χ1) is 14.1. The highest BCUT2D eigenvalue weighted by atomic mass is 35.5. The molecule has 0 fully saturated rings. The minimum Gasteiger partial charge on any atom is -0.504 e. The van der Waals surface area contributed by atoms with Crippen molar-refractivity contribution in [1.29, 1.82) is 0 Å². The van der Waals surface area contributed by atoms with Crippen molar-refractivity contribution in [2.45, 2.75) is 11.8 Å². The van der Waals surface area contributed by atoms with Crippen LogP contribution in [0.3, 0.4) is 0 Å². The lowest BCUT2D eigenvalue weighted by Crippen LogP contribution is -2.22. The van der Waals surface area contributed by atoms with Gasteiger partial charge in [0.15, 0.2) is 15.6 Å². The maximum absolute atomic E-state index is 12.7. The number of nitrogens with one attached hydrogen (secondary N) is 3. The Kier molecular flexibility index (Phi) is 6.01. The van der Waals surface area contributed by atoms with Crippen LogP contribution in [0.15, 0.2) is 41.3 Å². The van der Waals surface area contributed by atoms with Crippen LogP contribution in [0.25, 0.3) is 10.9 Å². The minimum absolute atomic E-state index is 0.169. The second-order valence-electron chi connectivity index (χ2n) is 6.39. The van der Waals surface area contributed by atoms with E-state index in [1.54, 1.807) is 24.3 Å². The second-order valence-corrected chi connectivity index (χ2v) is 9.11. The summed E-state index contributed by atoms with van der Waals surface area (Å²) in [5.74, 6) is -1.97. The summed E-state index contributed by atoms with van der Waals surface area (Å²) in [6, 6.07) is 8.86. The van der Waals surface area contributed by atoms with E-state index in [1.165, 1.54) is 6.92 Å². The van der Waals surface area contributed by atoms with Gasteiger partial charge in [-0.1, -0.05) is 18.5 Å². The van der Waals surface area contributed by atoms with Gasteiger partial charge in [-0.25, -0.2) is 8.42 Å². The van der Waals surface area contributed by atoms with Crippen LogP contribution in [0, 0.1) is 0 Å². The van der Waals surface area contributed by atoms with Crippen LogP contribution in [0.2, 0.25) is 5.02 Å². The van der Waals surface area contributed by atoms with Gasteiger partial charge in [-0.15, -0.1) is 0 Å². The van der Waals surface area contributed by atoms with Crippen molar-refractivity contribution in [1.82, 2.24) is 4.98 Å². The van der Waals surface area contributed by atoms with Crippen LogP contribution >= 0.6 is 11.6 Å². The number of carbonyl (C=O) groups excluding carboxylic acids is 2. The predicted octanol–water partition coefficient (Wildman–Crippen LogP) is 2.47. The Balaban J connectivity index is 2.02. The Morgan fingerprint density at radius 2 is 1.80 bits per heavy atom. The molecular weight excluding hydrogens is 432 g/mol. The van der Waals surface area contributed by atoms with Gasteiger partial charge >= 0.3 is 0 Å². The highest BCUT2D eigenvalue weighted by Crippen LogP contribution is 2.36. The summed E-state index contributed by atoms with van der Waals surface area (Å²) in [6.07, 6.45) is 0. The van der Waals surface area contributed by atoms with E-state index in [-0.39, 0.29) is 34.3 Å². The maximum atomic E-state index is 12.7. The van der Waals surface area contributed by atoms with Crippen molar-refractivity contribution in [3.63, 3.8) is 0 Å². The van der Waals surface area contributed by atoms with Gasteiger partial charge in [0.2, 0.25) is 5.91 Å². The summed E-state index contributed by atoms with van der Waals surface area (Å²) in [7, 11) is -3.70.